The lowest BCUT2D eigenvalue weighted by Gasteiger charge is -2.31. The van der Waals surface area contributed by atoms with Gasteiger partial charge in [-0.2, -0.15) is 30.7 Å². The van der Waals surface area contributed by atoms with E-state index in [2.05, 4.69) is 47.0 Å². The number of anilines is 2. The zero-order chi connectivity index (χ0) is 32.3. The van der Waals surface area contributed by atoms with Gasteiger partial charge in [-0.15, -0.1) is 0 Å². The standard InChI is InChI=1S/C26H15Br2F9N4O2/c1-38-8-3-9-41(23(43)13-6-7-19(29)39-12-13)18-5-2-4-15(20(18)30)22(42)40-21-16(27)10-14(11-17(21)28)24(31,25(32,33)34)26(35,36)37/h2,4-7,10-12H,3,8-9H2,(H,40,42). The van der Waals surface area contributed by atoms with Crippen molar-refractivity contribution in [2.24, 2.45) is 0 Å². The quantitative estimate of drug-likeness (QED) is 0.109. The molecule has 0 aliphatic heterocycles. The van der Waals surface area contributed by atoms with Crippen LogP contribution >= 0.6 is 31.9 Å². The molecule has 1 N–H and O–H groups in total. The number of alkyl halides is 7. The van der Waals surface area contributed by atoms with Crippen molar-refractivity contribution >= 4 is 55.0 Å². The second-order valence-electron chi connectivity index (χ2n) is 8.62. The number of halogens is 11. The van der Waals surface area contributed by atoms with Crippen LogP contribution in [0.5, 0.6) is 0 Å². The van der Waals surface area contributed by atoms with Gasteiger partial charge >= 0.3 is 18.0 Å². The minimum absolute atomic E-state index is 0.0475. The number of benzene rings is 2. The van der Waals surface area contributed by atoms with Crippen LogP contribution in [0.25, 0.3) is 4.85 Å². The van der Waals surface area contributed by atoms with Gasteiger partial charge in [0.2, 0.25) is 12.5 Å². The van der Waals surface area contributed by atoms with Crippen LogP contribution in [-0.2, 0) is 5.67 Å². The van der Waals surface area contributed by atoms with Crippen molar-refractivity contribution in [3.8, 4) is 0 Å². The fourth-order valence-corrected chi connectivity index (χ4v) is 5.15. The number of aromatic nitrogens is 1. The molecule has 228 valence electrons. The Morgan fingerprint density at radius 3 is 2.07 bits per heavy atom. The SMILES string of the molecule is [C-]#[N+]CCCN(C(=O)c1ccc(F)nc1)c1cccc(C(=O)Nc2c(Br)cc(C(F)(C(F)(F)F)C(F)(F)F)cc2Br)c1F. The topological polar surface area (TPSA) is 66.7 Å². The van der Waals surface area contributed by atoms with Crippen molar-refractivity contribution in [3.05, 3.63) is 97.5 Å². The summed E-state index contributed by atoms with van der Waals surface area (Å²) < 4.78 is 122. The minimum atomic E-state index is -6.39. The van der Waals surface area contributed by atoms with Gasteiger partial charge in [0.05, 0.1) is 22.5 Å². The lowest BCUT2D eigenvalue weighted by atomic mass is 9.94. The van der Waals surface area contributed by atoms with Crippen LogP contribution in [0.1, 0.15) is 32.7 Å². The average molecular weight is 746 g/mol. The van der Waals surface area contributed by atoms with Crippen molar-refractivity contribution in [1.29, 1.82) is 0 Å². The first kappa shape index (κ1) is 33.8. The number of amides is 2. The minimum Gasteiger partial charge on any atom is -0.320 e. The molecule has 3 rings (SSSR count). The van der Waals surface area contributed by atoms with Gasteiger partial charge in [0.1, 0.15) is 0 Å². The molecule has 43 heavy (non-hydrogen) atoms. The Labute approximate surface area is 254 Å². The van der Waals surface area contributed by atoms with Crippen LogP contribution in [0, 0.1) is 18.3 Å². The third-order valence-electron chi connectivity index (χ3n) is 5.84. The highest BCUT2D eigenvalue weighted by atomic mass is 79.9. The van der Waals surface area contributed by atoms with E-state index in [0.29, 0.717) is 0 Å². The Morgan fingerprint density at radius 1 is 0.953 bits per heavy atom. The molecule has 0 saturated heterocycles. The maximum Gasteiger partial charge on any atom is 0.435 e. The van der Waals surface area contributed by atoms with E-state index in [1.54, 1.807) is 0 Å². The van der Waals surface area contributed by atoms with Crippen molar-refractivity contribution < 1.29 is 49.1 Å². The van der Waals surface area contributed by atoms with Gasteiger partial charge in [-0.1, -0.05) is 6.07 Å². The van der Waals surface area contributed by atoms with E-state index in [1.807, 2.05) is 0 Å². The summed E-state index contributed by atoms with van der Waals surface area (Å²) in [5.41, 5.74) is -9.34. The lowest BCUT2D eigenvalue weighted by Crippen LogP contribution is -2.50. The second-order valence-corrected chi connectivity index (χ2v) is 10.3. The molecular formula is C26H15Br2F9N4O2. The maximum atomic E-state index is 15.7. The molecule has 0 bridgehead atoms. The number of carbonyl (C=O) groups is 2. The van der Waals surface area contributed by atoms with Crippen molar-refractivity contribution in [2.45, 2.75) is 24.4 Å². The van der Waals surface area contributed by atoms with E-state index in [4.69, 9.17) is 6.57 Å². The van der Waals surface area contributed by atoms with E-state index >= 15 is 4.39 Å². The summed E-state index contributed by atoms with van der Waals surface area (Å²) in [6.07, 6.45) is -11.8. The van der Waals surface area contributed by atoms with Crippen LogP contribution < -0.4 is 10.2 Å². The fourth-order valence-electron chi connectivity index (χ4n) is 3.76. The van der Waals surface area contributed by atoms with Gasteiger partial charge in [-0.25, -0.2) is 20.3 Å². The van der Waals surface area contributed by atoms with E-state index in [0.717, 1.165) is 35.4 Å². The number of pyridine rings is 1. The molecule has 1 aromatic heterocycles. The summed E-state index contributed by atoms with van der Waals surface area (Å²) in [5.74, 6) is -4.24. The van der Waals surface area contributed by atoms with Gasteiger partial charge in [0.15, 0.2) is 5.82 Å². The van der Waals surface area contributed by atoms with Gasteiger partial charge in [0.25, 0.3) is 11.8 Å². The maximum absolute atomic E-state index is 15.7. The highest BCUT2D eigenvalue weighted by Crippen LogP contribution is 2.54. The molecule has 6 nitrogen and oxygen atoms in total. The molecule has 2 amide bonds. The Kier molecular flexibility index (Phi) is 10.2. The molecule has 3 aromatic rings. The van der Waals surface area contributed by atoms with E-state index in [-0.39, 0.29) is 37.2 Å². The van der Waals surface area contributed by atoms with Crippen LogP contribution in [0.2, 0.25) is 0 Å². The molecular weight excluding hydrogens is 731 g/mol. The number of hydrogen-bond acceptors (Lipinski definition) is 3. The number of carbonyl (C=O) groups excluding carboxylic acids is 2. The number of hydrogen-bond donors (Lipinski definition) is 1. The molecule has 0 aliphatic carbocycles. The predicted molar refractivity (Wildman–Crippen MR) is 143 cm³/mol. The molecule has 0 unspecified atom stereocenters. The normalized spacial score (nSPS) is 12.0. The second kappa shape index (κ2) is 12.9. The first-order valence-corrected chi connectivity index (χ1v) is 13.2. The molecule has 2 aromatic carbocycles. The molecule has 0 fully saturated rings. The Hall–Kier alpha value is -3.65. The van der Waals surface area contributed by atoms with Gasteiger partial charge in [-0.05, 0) is 68.3 Å². The zero-order valence-corrected chi connectivity index (χ0v) is 24.2. The smallest absolute Gasteiger partial charge is 0.320 e. The van der Waals surface area contributed by atoms with Crippen molar-refractivity contribution in [1.82, 2.24) is 4.98 Å². The average Bonchev–Trinajstić information content (AvgIpc) is 2.91. The van der Waals surface area contributed by atoms with Crippen molar-refractivity contribution in [2.75, 3.05) is 23.3 Å². The van der Waals surface area contributed by atoms with E-state index in [9.17, 15) is 44.7 Å². The van der Waals surface area contributed by atoms with Crippen LogP contribution in [-0.4, -0.2) is 42.2 Å². The number of nitrogens with one attached hydrogen (secondary N) is 1. The third kappa shape index (κ3) is 6.96. The highest BCUT2D eigenvalue weighted by Gasteiger charge is 2.73. The van der Waals surface area contributed by atoms with Gasteiger partial charge in [0, 0.05) is 33.7 Å². The Morgan fingerprint density at radius 2 is 1.56 bits per heavy atom. The van der Waals surface area contributed by atoms with E-state index < -0.39 is 73.0 Å². The van der Waals surface area contributed by atoms with Crippen LogP contribution in [0.4, 0.5) is 50.9 Å². The fraction of sp³-hybridized carbons (Fsp3) is 0.231. The summed E-state index contributed by atoms with van der Waals surface area (Å²) in [6, 6.07) is 5.61. The number of rotatable bonds is 8. The molecule has 17 heteroatoms. The lowest BCUT2D eigenvalue weighted by molar-refractivity contribution is -0.348. The van der Waals surface area contributed by atoms with Gasteiger partial charge < -0.3 is 15.1 Å². The van der Waals surface area contributed by atoms with Gasteiger partial charge in [-0.3, -0.25) is 9.59 Å². The first-order valence-electron chi connectivity index (χ1n) is 11.6. The number of nitrogens with zero attached hydrogens (tertiary/aromatic N) is 3. The zero-order valence-electron chi connectivity index (χ0n) is 21.1. The van der Waals surface area contributed by atoms with E-state index in [1.165, 1.54) is 6.07 Å². The summed E-state index contributed by atoms with van der Waals surface area (Å²) in [7, 11) is 0. The first-order chi connectivity index (χ1) is 19.9. The Bertz CT molecular complexity index is 1540. The molecule has 0 saturated carbocycles. The summed E-state index contributed by atoms with van der Waals surface area (Å²) in [4.78, 5) is 33.6. The summed E-state index contributed by atoms with van der Waals surface area (Å²) in [5, 5.41) is 2.12. The summed E-state index contributed by atoms with van der Waals surface area (Å²) >= 11 is 5.43. The van der Waals surface area contributed by atoms with Crippen LogP contribution in [0.15, 0.2) is 57.6 Å². The molecule has 0 atom stereocenters. The molecule has 0 radical (unpaired) electrons. The third-order valence-corrected chi connectivity index (χ3v) is 7.10. The largest absolute Gasteiger partial charge is 0.435 e. The monoisotopic (exact) mass is 744 g/mol. The van der Waals surface area contributed by atoms with Crippen LogP contribution in [0.3, 0.4) is 0 Å². The molecule has 0 spiro atoms. The highest BCUT2D eigenvalue weighted by molar-refractivity contribution is 9.11. The van der Waals surface area contributed by atoms with Crippen molar-refractivity contribution in [3.63, 3.8) is 0 Å². The predicted octanol–water partition coefficient (Wildman–Crippen LogP) is 8.38. The summed E-state index contributed by atoms with van der Waals surface area (Å²) in [6.45, 7) is 6.68. The molecule has 0 aliphatic rings. The Balaban J connectivity index is 2.01. The molecule has 1 heterocycles.